The van der Waals surface area contributed by atoms with Crippen molar-refractivity contribution >= 4 is 35.8 Å². The van der Waals surface area contributed by atoms with Gasteiger partial charge in [-0.05, 0) is 143 Å². The molecule has 0 unspecified atom stereocenters. The number of tetrazole rings is 1. The second kappa shape index (κ2) is 18.5. The third-order valence-corrected chi connectivity index (χ3v) is 11.0. The average Bonchev–Trinajstić information content (AvgIpc) is 3.70. The Bertz CT molecular complexity index is 1870. The number of anilines is 1. The number of halogens is 2. The Balaban J connectivity index is 0.00000561. The summed E-state index contributed by atoms with van der Waals surface area (Å²) in [6, 6.07) is 17.7. The van der Waals surface area contributed by atoms with Crippen molar-refractivity contribution in [2.24, 2.45) is 17.6 Å². The number of hydrogen-bond acceptors (Lipinski definition) is 8. The summed E-state index contributed by atoms with van der Waals surface area (Å²) < 4.78 is 14.9. The summed E-state index contributed by atoms with van der Waals surface area (Å²) in [6.07, 6.45) is 7.54. The predicted octanol–water partition coefficient (Wildman–Crippen LogP) is 5.44. The molecule has 3 aromatic carbocycles. The van der Waals surface area contributed by atoms with E-state index in [-0.39, 0.29) is 59.7 Å². The highest BCUT2D eigenvalue weighted by molar-refractivity contribution is 5.98. The van der Waals surface area contributed by atoms with Gasteiger partial charge in [-0.1, -0.05) is 30.3 Å². The average molecular weight is 760 g/mol. The number of carbonyl (C=O) groups is 3. The number of nitrogens with two attached hydrogens (primary N) is 1. The molecule has 12 nitrogen and oxygen atoms in total. The molecule has 0 spiro atoms. The third kappa shape index (κ3) is 10.1. The lowest BCUT2D eigenvalue weighted by molar-refractivity contribution is -0.130. The fourth-order valence-electron chi connectivity index (χ4n) is 7.63. The third-order valence-electron chi connectivity index (χ3n) is 11.0. The highest BCUT2D eigenvalue weighted by Crippen LogP contribution is 2.30. The summed E-state index contributed by atoms with van der Waals surface area (Å²) in [6.45, 7) is 2.60. The molecule has 0 bridgehead atoms. The molecule has 0 saturated heterocycles. The molecule has 1 heterocycles. The minimum absolute atomic E-state index is 0. The number of aromatic amines is 1. The predicted molar refractivity (Wildman–Crippen MR) is 209 cm³/mol. The molecular formula is C40H51ClFN9O3. The number of amides is 3. The van der Waals surface area contributed by atoms with Gasteiger partial charge in [0, 0.05) is 35.7 Å². The highest BCUT2D eigenvalue weighted by atomic mass is 35.5. The Hall–Kier alpha value is -4.72. The molecule has 0 radical (unpaired) electrons. The van der Waals surface area contributed by atoms with Gasteiger partial charge in [0.2, 0.25) is 17.6 Å². The Kier molecular flexibility index (Phi) is 13.9. The van der Waals surface area contributed by atoms with E-state index in [2.05, 4.69) is 55.6 Å². The van der Waals surface area contributed by atoms with Crippen LogP contribution in [0.5, 0.6) is 0 Å². The van der Waals surface area contributed by atoms with Crippen molar-refractivity contribution in [3.8, 4) is 22.5 Å². The molecule has 2 aliphatic carbocycles. The molecule has 0 aliphatic heterocycles. The van der Waals surface area contributed by atoms with Gasteiger partial charge in [0.25, 0.3) is 5.91 Å². The normalized spacial score (nSPS) is 20.4. The van der Waals surface area contributed by atoms with E-state index in [1.54, 1.807) is 6.07 Å². The van der Waals surface area contributed by atoms with Gasteiger partial charge >= 0.3 is 0 Å². The summed E-state index contributed by atoms with van der Waals surface area (Å²) in [5.41, 5.74) is 10.7. The maximum absolute atomic E-state index is 14.9. The molecule has 3 amide bonds. The van der Waals surface area contributed by atoms with Gasteiger partial charge in [0.05, 0.1) is 5.56 Å². The molecule has 2 aliphatic rings. The number of rotatable bonds is 12. The van der Waals surface area contributed by atoms with Gasteiger partial charge in [0.15, 0.2) is 0 Å². The van der Waals surface area contributed by atoms with Crippen molar-refractivity contribution in [2.75, 3.05) is 26.0 Å². The fraction of sp³-hybridized carbons (Fsp3) is 0.450. The van der Waals surface area contributed by atoms with Crippen molar-refractivity contribution in [3.63, 3.8) is 0 Å². The Morgan fingerprint density at radius 1 is 0.926 bits per heavy atom. The fourth-order valence-corrected chi connectivity index (χ4v) is 7.63. The van der Waals surface area contributed by atoms with E-state index >= 15 is 0 Å². The van der Waals surface area contributed by atoms with Gasteiger partial charge in [-0.15, -0.1) is 22.6 Å². The van der Waals surface area contributed by atoms with E-state index in [0.717, 1.165) is 73.6 Å². The van der Waals surface area contributed by atoms with Crippen LogP contribution in [0.3, 0.4) is 0 Å². The molecule has 4 aromatic rings. The van der Waals surface area contributed by atoms with Crippen LogP contribution in [0.15, 0.2) is 60.7 Å². The number of nitrogens with one attached hydrogen (secondary N) is 4. The maximum Gasteiger partial charge on any atom is 0.251 e. The van der Waals surface area contributed by atoms with Gasteiger partial charge in [-0.25, -0.2) is 4.39 Å². The largest absolute Gasteiger partial charge is 0.349 e. The maximum atomic E-state index is 14.9. The van der Waals surface area contributed by atoms with Crippen LogP contribution in [0, 0.1) is 24.6 Å². The van der Waals surface area contributed by atoms with Crippen molar-refractivity contribution < 1.29 is 18.8 Å². The molecule has 54 heavy (non-hydrogen) atoms. The van der Waals surface area contributed by atoms with Crippen molar-refractivity contribution in [1.29, 1.82) is 0 Å². The van der Waals surface area contributed by atoms with Crippen LogP contribution in [0.25, 0.3) is 22.5 Å². The van der Waals surface area contributed by atoms with Crippen LogP contribution in [0.2, 0.25) is 0 Å². The quantitative estimate of drug-likeness (QED) is 0.127. The molecule has 2 saturated carbocycles. The summed E-state index contributed by atoms with van der Waals surface area (Å²) in [7, 11) is 4.22. The second-order valence-corrected chi connectivity index (χ2v) is 14.8. The second-order valence-electron chi connectivity index (χ2n) is 14.8. The van der Waals surface area contributed by atoms with E-state index in [4.69, 9.17) is 5.73 Å². The molecule has 288 valence electrons. The molecular weight excluding hydrogens is 709 g/mol. The first-order valence-corrected chi connectivity index (χ1v) is 18.6. The number of H-pyrrole nitrogens is 1. The van der Waals surface area contributed by atoms with Crippen LogP contribution >= 0.6 is 12.4 Å². The number of aryl methyl sites for hydroxylation is 1. The smallest absolute Gasteiger partial charge is 0.251 e. The summed E-state index contributed by atoms with van der Waals surface area (Å²) >= 11 is 0. The number of hydrogen-bond donors (Lipinski definition) is 5. The Labute approximate surface area is 322 Å². The Morgan fingerprint density at radius 2 is 1.63 bits per heavy atom. The van der Waals surface area contributed by atoms with E-state index < -0.39 is 17.8 Å². The van der Waals surface area contributed by atoms with E-state index in [1.807, 2.05) is 49.4 Å². The lowest BCUT2D eigenvalue weighted by Gasteiger charge is -2.33. The molecule has 1 atom stereocenters. The lowest BCUT2D eigenvalue weighted by Crippen LogP contribution is -2.48. The minimum atomic E-state index is -0.905. The number of benzene rings is 3. The lowest BCUT2D eigenvalue weighted by atomic mass is 9.81. The number of aromatic nitrogens is 4. The van der Waals surface area contributed by atoms with Crippen molar-refractivity contribution in [1.82, 2.24) is 36.2 Å². The monoisotopic (exact) mass is 759 g/mol. The molecule has 1 aromatic heterocycles. The molecule has 6 rings (SSSR count). The molecule has 14 heteroatoms. The van der Waals surface area contributed by atoms with Gasteiger partial charge in [-0.3, -0.25) is 14.4 Å². The zero-order valence-corrected chi connectivity index (χ0v) is 31.9. The molecule has 6 N–H and O–H groups in total. The standard InChI is InChI=1S/C40H50FN9O3.ClH/c1-24-20-29(39(52)43-30-13-16-32(17-14-30)50(2)3)12-18-33(24)27-8-4-25(5-9-27)21-36(45-38(51)28-10-6-26(23-42)7-11-28)40(53)44-31-15-19-34(35(41)22-31)37-46-48-49-47-37;/h4-5,8-9,12,15,18-20,22,26,28,30,32,36H,6-7,10-11,13-14,16-17,21,23,42H2,1-3H3,(H,43,52)(H,44,53)(H,45,51)(H,46,47,48,49);1H/t26?,28?,30?,32?,36-;/m0./s1. The first kappa shape index (κ1) is 40.5. The summed E-state index contributed by atoms with van der Waals surface area (Å²) in [5.74, 6) is -0.984. The van der Waals surface area contributed by atoms with Gasteiger partial charge in [-0.2, -0.15) is 5.21 Å². The van der Waals surface area contributed by atoms with E-state index in [9.17, 15) is 18.8 Å². The highest BCUT2D eigenvalue weighted by Gasteiger charge is 2.30. The van der Waals surface area contributed by atoms with E-state index in [0.29, 0.717) is 24.1 Å². The topological polar surface area (TPSA) is 171 Å². The van der Waals surface area contributed by atoms with Crippen LogP contribution in [-0.2, 0) is 16.0 Å². The Morgan fingerprint density at radius 3 is 2.24 bits per heavy atom. The minimum Gasteiger partial charge on any atom is -0.349 e. The number of nitrogens with zero attached hydrogens (tertiary/aromatic N) is 4. The van der Waals surface area contributed by atoms with Crippen molar-refractivity contribution in [2.45, 2.75) is 82.8 Å². The van der Waals surface area contributed by atoms with Crippen LogP contribution in [-0.4, -0.2) is 82.0 Å². The van der Waals surface area contributed by atoms with Crippen LogP contribution < -0.4 is 21.7 Å². The van der Waals surface area contributed by atoms with Gasteiger partial charge in [0.1, 0.15) is 11.9 Å². The van der Waals surface area contributed by atoms with Crippen molar-refractivity contribution in [3.05, 3.63) is 83.2 Å². The zero-order valence-electron chi connectivity index (χ0n) is 31.1. The first-order chi connectivity index (χ1) is 25.6. The van der Waals surface area contributed by atoms with Crippen LogP contribution in [0.4, 0.5) is 10.1 Å². The SMILES string of the molecule is Cc1cc(C(=O)NC2CCC(N(C)C)CC2)ccc1-c1ccc(C[C@H](NC(=O)C2CCC(CN)CC2)C(=O)Nc2ccc(-c3nn[nH]n3)c(F)c2)cc1.Cl. The van der Waals surface area contributed by atoms with E-state index in [1.165, 1.54) is 12.1 Å². The van der Waals surface area contributed by atoms with Gasteiger partial charge < -0.3 is 26.6 Å². The summed E-state index contributed by atoms with van der Waals surface area (Å²) in [5, 5.41) is 22.4. The zero-order chi connectivity index (χ0) is 37.5. The molecule has 2 fully saturated rings. The first-order valence-electron chi connectivity index (χ1n) is 18.6. The van der Waals surface area contributed by atoms with Crippen LogP contribution in [0.1, 0.15) is 72.9 Å². The summed E-state index contributed by atoms with van der Waals surface area (Å²) in [4.78, 5) is 42.5. The number of carbonyl (C=O) groups excluding carboxylic acids is 3.